The maximum Gasteiger partial charge on any atom is 0.350 e. The van der Waals surface area contributed by atoms with Gasteiger partial charge in [0.15, 0.2) is 5.65 Å². The molecule has 0 aliphatic carbocycles. The molecule has 0 aromatic carbocycles. The Hall–Kier alpha value is -1.62. The molecule has 5 heteroatoms. The van der Waals surface area contributed by atoms with Crippen molar-refractivity contribution in [2.75, 3.05) is 0 Å². The minimum Gasteiger partial charge on any atom is -0.393 e. The van der Waals surface area contributed by atoms with Crippen LogP contribution in [0.4, 0.5) is 0 Å². The topological polar surface area (TPSA) is 59.5 Å². The number of hydrogen-bond acceptors (Lipinski definition) is 3. The molecular weight excluding hydrogens is 206 g/mol. The molecular formula is C11H15N3O2. The van der Waals surface area contributed by atoms with Gasteiger partial charge in [-0.05, 0) is 31.9 Å². The molecule has 0 radical (unpaired) electrons. The third kappa shape index (κ3) is 2.14. The molecule has 2 rings (SSSR count). The summed E-state index contributed by atoms with van der Waals surface area (Å²) in [5.74, 6) is 0. The molecule has 0 spiro atoms. The minimum absolute atomic E-state index is 0.124. The van der Waals surface area contributed by atoms with Gasteiger partial charge in [0.2, 0.25) is 0 Å². The summed E-state index contributed by atoms with van der Waals surface area (Å²) in [5, 5.41) is 13.3. The smallest absolute Gasteiger partial charge is 0.350 e. The van der Waals surface area contributed by atoms with E-state index in [0.29, 0.717) is 18.6 Å². The molecule has 0 saturated carbocycles. The molecule has 0 aliphatic rings. The summed E-state index contributed by atoms with van der Waals surface area (Å²) in [6, 6.07) is 5.45. The Morgan fingerprint density at radius 3 is 3.00 bits per heavy atom. The summed E-state index contributed by atoms with van der Waals surface area (Å²) in [6.45, 7) is 2.29. The van der Waals surface area contributed by atoms with E-state index in [2.05, 4.69) is 5.10 Å². The first-order chi connectivity index (χ1) is 7.68. The van der Waals surface area contributed by atoms with Crippen LogP contribution in [0.5, 0.6) is 0 Å². The summed E-state index contributed by atoms with van der Waals surface area (Å²) in [7, 11) is 0. The zero-order valence-corrected chi connectivity index (χ0v) is 9.21. The summed E-state index contributed by atoms with van der Waals surface area (Å²) < 4.78 is 2.96. The second kappa shape index (κ2) is 4.49. The predicted octanol–water partition coefficient (Wildman–Crippen LogP) is 0.657. The Morgan fingerprint density at radius 2 is 2.31 bits per heavy atom. The highest BCUT2D eigenvalue weighted by molar-refractivity contribution is 5.35. The van der Waals surface area contributed by atoms with Gasteiger partial charge in [-0.2, -0.15) is 0 Å². The zero-order valence-electron chi connectivity index (χ0n) is 9.21. The summed E-state index contributed by atoms with van der Waals surface area (Å²) in [4.78, 5) is 11.8. The van der Waals surface area contributed by atoms with Crippen LogP contribution in [0.2, 0.25) is 0 Å². The number of aliphatic hydroxyl groups excluding tert-OH is 1. The van der Waals surface area contributed by atoms with Gasteiger partial charge < -0.3 is 5.11 Å². The highest BCUT2D eigenvalue weighted by Crippen LogP contribution is 1.99. The normalized spacial score (nSPS) is 13.1. The van der Waals surface area contributed by atoms with Crippen LogP contribution in [0.3, 0.4) is 0 Å². The van der Waals surface area contributed by atoms with Gasteiger partial charge in [0.25, 0.3) is 0 Å². The number of nitrogens with zero attached hydrogens (tertiary/aromatic N) is 3. The maximum atomic E-state index is 11.8. The van der Waals surface area contributed by atoms with Gasteiger partial charge in [0.1, 0.15) is 0 Å². The van der Waals surface area contributed by atoms with Crippen molar-refractivity contribution in [2.24, 2.45) is 0 Å². The predicted molar refractivity (Wildman–Crippen MR) is 60.4 cm³/mol. The number of aryl methyl sites for hydroxylation is 1. The van der Waals surface area contributed by atoms with Gasteiger partial charge in [-0.25, -0.2) is 9.48 Å². The summed E-state index contributed by atoms with van der Waals surface area (Å²) in [6.07, 6.45) is 2.81. The van der Waals surface area contributed by atoms with Gasteiger partial charge in [-0.15, -0.1) is 5.10 Å². The highest BCUT2D eigenvalue weighted by atomic mass is 16.3. The van der Waals surface area contributed by atoms with Crippen molar-refractivity contribution in [3.63, 3.8) is 0 Å². The standard InChI is InChI=1S/C11H15N3O2/c1-9(15)5-4-8-14-11(16)13-7-3-2-6-10(13)12-14/h2-3,6-7,9,15H,4-5,8H2,1H3. The fourth-order valence-corrected chi connectivity index (χ4v) is 1.65. The first kappa shape index (κ1) is 10.9. The fourth-order valence-electron chi connectivity index (χ4n) is 1.65. The molecule has 0 saturated heterocycles. The number of rotatable bonds is 4. The second-order valence-corrected chi connectivity index (χ2v) is 3.93. The van der Waals surface area contributed by atoms with Crippen LogP contribution >= 0.6 is 0 Å². The van der Waals surface area contributed by atoms with E-state index in [0.717, 1.165) is 6.42 Å². The Morgan fingerprint density at radius 1 is 1.50 bits per heavy atom. The molecule has 0 amide bonds. The van der Waals surface area contributed by atoms with E-state index < -0.39 is 0 Å². The van der Waals surface area contributed by atoms with Crippen molar-refractivity contribution in [3.05, 3.63) is 34.9 Å². The molecule has 5 nitrogen and oxygen atoms in total. The summed E-state index contributed by atoms with van der Waals surface area (Å²) >= 11 is 0. The maximum absolute atomic E-state index is 11.8. The largest absolute Gasteiger partial charge is 0.393 e. The highest BCUT2D eigenvalue weighted by Gasteiger charge is 2.05. The molecule has 1 atom stereocenters. The van der Waals surface area contributed by atoms with E-state index in [9.17, 15) is 4.79 Å². The molecule has 86 valence electrons. The van der Waals surface area contributed by atoms with E-state index in [1.54, 1.807) is 25.3 Å². The van der Waals surface area contributed by atoms with Crippen molar-refractivity contribution in [1.82, 2.24) is 14.2 Å². The average molecular weight is 221 g/mol. The lowest BCUT2D eigenvalue weighted by Crippen LogP contribution is -2.21. The fraction of sp³-hybridized carbons (Fsp3) is 0.455. The Balaban J connectivity index is 2.19. The van der Waals surface area contributed by atoms with Crippen LogP contribution in [0.25, 0.3) is 5.65 Å². The van der Waals surface area contributed by atoms with Crippen LogP contribution in [-0.2, 0) is 6.54 Å². The Bertz CT molecular complexity index is 527. The minimum atomic E-state index is -0.326. The van der Waals surface area contributed by atoms with Crippen LogP contribution in [0.1, 0.15) is 19.8 Å². The number of pyridine rings is 1. The zero-order chi connectivity index (χ0) is 11.5. The van der Waals surface area contributed by atoms with Crippen molar-refractivity contribution >= 4 is 5.65 Å². The van der Waals surface area contributed by atoms with E-state index in [1.165, 1.54) is 9.08 Å². The van der Waals surface area contributed by atoms with Crippen LogP contribution in [-0.4, -0.2) is 25.4 Å². The van der Waals surface area contributed by atoms with Gasteiger partial charge >= 0.3 is 5.69 Å². The van der Waals surface area contributed by atoms with E-state index >= 15 is 0 Å². The van der Waals surface area contributed by atoms with Crippen LogP contribution in [0.15, 0.2) is 29.2 Å². The van der Waals surface area contributed by atoms with E-state index in [1.807, 2.05) is 6.07 Å². The molecule has 0 aliphatic heterocycles. The van der Waals surface area contributed by atoms with Crippen molar-refractivity contribution in [3.8, 4) is 0 Å². The number of hydrogen-bond donors (Lipinski definition) is 1. The van der Waals surface area contributed by atoms with Gasteiger partial charge in [0, 0.05) is 12.7 Å². The van der Waals surface area contributed by atoms with Gasteiger partial charge in [-0.3, -0.25) is 4.40 Å². The second-order valence-electron chi connectivity index (χ2n) is 3.93. The van der Waals surface area contributed by atoms with Crippen LogP contribution < -0.4 is 5.69 Å². The van der Waals surface area contributed by atoms with Crippen molar-refractivity contribution in [1.29, 1.82) is 0 Å². The molecule has 16 heavy (non-hydrogen) atoms. The van der Waals surface area contributed by atoms with Crippen LogP contribution in [0, 0.1) is 0 Å². The monoisotopic (exact) mass is 221 g/mol. The Labute approximate surface area is 92.9 Å². The van der Waals surface area contributed by atoms with E-state index in [-0.39, 0.29) is 11.8 Å². The van der Waals surface area contributed by atoms with Gasteiger partial charge in [-0.1, -0.05) is 6.07 Å². The number of fused-ring (bicyclic) bond motifs is 1. The van der Waals surface area contributed by atoms with E-state index in [4.69, 9.17) is 5.11 Å². The summed E-state index contributed by atoms with van der Waals surface area (Å²) in [5.41, 5.74) is 0.533. The molecule has 0 bridgehead atoms. The van der Waals surface area contributed by atoms with Crippen molar-refractivity contribution < 1.29 is 5.11 Å². The molecule has 2 aromatic heterocycles. The lowest BCUT2D eigenvalue weighted by Gasteiger charge is -2.02. The number of aromatic nitrogens is 3. The lowest BCUT2D eigenvalue weighted by atomic mass is 10.2. The number of aliphatic hydroxyl groups is 1. The third-order valence-corrected chi connectivity index (χ3v) is 2.48. The van der Waals surface area contributed by atoms with Gasteiger partial charge in [0.05, 0.1) is 6.10 Å². The van der Waals surface area contributed by atoms with Crippen molar-refractivity contribution in [2.45, 2.75) is 32.4 Å². The molecule has 2 heterocycles. The first-order valence-electron chi connectivity index (χ1n) is 5.41. The lowest BCUT2D eigenvalue weighted by molar-refractivity contribution is 0.179. The molecule has 2 aromatic rings. The quantitative estimate of drug-likeness (QED) is 0.825. The first-order valence-corrected chi connectivity index (χ1v) is 5.41. The molecule has 1 N–H and O–H groups in total. The Kier molecular flexibility index (Phi) is 3.05. The third-order valence-electron chi connectivity index (χ3n) is 2.48. The molecule has 1 unspecified atom stereocenters. The molecule has 0 fully saturated rings. The SMILES string of the molecule is CC(O)CCCn1nc2ccccn2c1=O. The average Bonchev–Trinajstić information content (AvgIpc) is 2.56.